The number of pyridine rings is 1. The molecule has 13 heavy (non-hydrogen) atoms. The number of nitrogens with zero attached hydrogens (tertiary/aromatic N) is 1. The first-order valence-corrected chi connectivity index (χ1v) is 4.64. The Hall–Kier alpha value is -0.193. The van der Waals surface area contributed by atoms with Crippen molar-refractivity contribution in [1.29, 1.82) is 0 Å². The average Bonchev–Trinajstić information content (AvgIpc) is 2.07. The summed E-state index contributed by atoms with van der Waals surface area (Å²) in [6, 6.07) is 5.53. The number of fused-ring (bicyclic) bond motifs is 1. The molecule has 0 unspecified atom stereocenters. The van der Waals surface area contributed by atoms with Crippen molar-refractivity contribution >= 4 is 56.1 Å². The molecule has 1 aromatic heterocycles. The van der Waals surface area contributed by atoms with Crippen molar-refractivity contribution in [3.05, 3.63) is 34.4 Å². The Kier molecular flexibility index (Phi) is 2.53. The molecule has 0 aliphatic carbocycles. The summed E-state index contributed by atoms with van der Waals surface area (Å²) in [5.74, 6) is 0. The quantitative estimate of drug-likeness (QED) is 0.600. The van der Waals surface area contributed by atoms with E-state index in [0.29, 0.717) is 10.0 Å². The van der Waals surface area contributed by atoms with Gasteiger partial charge in [0.05, 0.1) is 0 Å². The number of aromatic nitrogens is 1. The molecule has 0 amide bonds. The molecule has 0 aliphatic heterocycles. The topological polar surface area (TPSA) is 12.9 Å². The van der Waals surface area contributed by atoms with Crippen LogP contribution in [0.1, 0.15) is 0 Å². The molecule has 1 aromatic carbocycles. The van der Waals surface area contributed by atoms with Gasteiger partial charge in [0.15, 0.2) is 0 Å². The third-order valence-electron chi connectivity index (χ3n) is 1.98. The molecule has 0 saturated heterocycles. The van der Waals surface area contributed by atoms with Crippen LogP contribution in [0.25, 0.3) is 10.9 Å². The van der Waals surface area contributed by atoms with E-state index in [0.717, 1.165) is 15.1 Å². The van der Waals surface area contributed by atoms with Crippen LogP contribution in [0, 0.1) is 0 Å². The van der Waals surface area contributed by atoms with Crippen LogP contribution in [0.5, 0.6) is 0 Å². The van der Waals surface area contributed by atoms with Gasteiger partial charge in [0.25, 0.3) is 0 Å². The molecule has 0 spiro atoms. The summed E-state index contributed by atoms with van der Waals surface area (Å²) in [7, 11) is 0. The van der Waals surface area contributed by atoms with Gasteiger partial charge in [-0.05, 0) is 0 Å². The molecule has 0 saturated carbocycles. The molecule has 0 atom stereocenters. The molecule has 0 aliphatic rings. The first kappa shape index (κ1) is 9.37. The normalized spacial score (nSPS) is 10.8. The van der Waals surface area contributed by atoms with Gasteiger partial charge in [0.2, 0.25) is 0 Å². The zero-order valence-corrected chi connectivity index (χ0v) is 8.52. The Morgan fingerprint density at radius 2 is 2.00 bits per heavy atom. The van der Waals surface area contributed by atoms with Crippen LogP contribution in [0.3, 0.4) is 0 Å². The van der Waals surface area contributed by atoms with Gasteiger partial charge in [-0.25, -0.2) is 0 Å². The van der Waals surface area contributed by atoms with E-state index in [2.05, 4.69) is 4.98 Å². The van der Waals surface area contributed by atoms with Crippen molar-refractivity contribution < 1.29 is 0 Å². The van der Waals surface area contributed by atoms with Gasteiger partial charge in [-0.2, -0.15) is 0 Å². The van der Waals surface area contributed by atoms with Crippen molar-refractivity contribution in [2.24, 2.45) is 0 Å². The predicted molar refractivity (Wildman–Crippen MR) is 57.2 cm³/mol. The Morgan fingerprint density at radius 3 is 2.77 bits per heavy atom. The molecule has 0 fully saturated rings. The maximum atomic E-state index is 5.99. The first-order valence-electron chi connectivity index (χ1n) is 3.89. The Morgan fingerprint density at radius 1 is 1.23 bits per heavy atom. The van der Waals surface area contributed by atoms with Gasteiger partial charge in [-0.1, -0.05) is 0 Å². The van der Waals surface area contributed by atoms with E-state index in [4.69, 9.17) is 23.2 Å². The number of benzene rings is 1. The summed E-state index contributed by atoms with van der Waals surface area (Å²) < 4.78 is 1.13. The second-order valence-electron chi connectivity index (χ2n) is 2.91. The van der Waals surface area contributed by atoms with Crippen molar-refractivity contribution in [2.75, 3.05) is 0 Å². The van der Waals surface area contributed by atoms with Crippen LogP contribution in [-0.2, 0) is 0 Å². The van der Waals surface area contributed by atoms with Crippen LogP contribution in [0.4, 0.5) is 0 Å². The van der Waals surface area contributed by atoms with Gasteiger partial charge in [-0.3, -0.25) is 0 Å². The molecule has 1 nitrogen and oxygen atoms in total. The Labute approximate surface area is 95.3 Å². The SMILES string of the molecule is [Li][c]1ccnc2c(Cl)cc(Cl)cc12. The zero-order valence-electron chi connectivity index (χ0n) is 7.01. The third-order valence-corrected chi connectivity index (χ3v) is 2.49. The van der Waals surface area contributed by atoms with Crippen LogP contribution in [0.2, 0.25) is 10.0 Å². The molecule has 0 radical (unpaired) electrons. The van der Waals surface area contributed by atoms with E-state index >= 15 is 0 Å². The number of halogens is 2. The second kappa shape index (κ2) is 3.52. The molecular weight excluding hydrogens is 200 g/mol. The second-order valence-corrected chi connectivity index (χ2v) is 3.76. The fourth-order valence-corrected chi connectivity index (χ4v) is 1.85. The molecule has 60 valence electrons. The molecule has 1 heterocycles. The molecule has 0 bridgehead atoms. The maximum absolute atomic E-state index is 5.99. The Bertz CT molecular complexity index is 470. The molecule has 2 aromatic rings. The van der Waals surface area contributed by atoms with Gasteiger partial charge in [0, 0.05) is 0 Å². The van der Waals surface area contributed by atoms with Gasteiger partial charge in [-0.15, -0.1) is 0 Å². The standard InChI is InChI=1S/C9H4Cl2N.Li/c10-7-4-6-2-1-3-12-9(6)8(11)5-7;/h1,3-5H;. The summed E-state index contributed by atoms with van der Waals surface area (Å²) in [5, 5.41) is 2.26. The summed E-state index contributed by atoms with van der Waals surface area (Å²) in [6.07, 6.45) is 1.75. The minimum absolute atomic E-state index is 0.603. The zero-order chi connectivity index (χ0) is 9.42. The van der Waals surface area contributed by atoms with Crippen molar-refractivity contribution in [2.45, 2.75) is 0 Å². The van der Waals surface area contributed by atoms with Crippen LogP contribution >= 0.6 is 23.2 Å². The monoisotopic (exact) mass is 203 g/mol. The molecular formula is C9H4Cl2LiN. The predicted octanol–water partition coefficient (Wildman–Crippen LogP) is 2.34. The van der Waals surface area contributed by atoms with Gasteiger partial charge < -0.3 is 0 Å². The summed E-state index contributed by atoms with van der Waals surface area (Å²) >= 11 is 13.9. The van der Waals surface area contributed by atoms with E-state index in [1.165, 1.54) is 0 Å². The summed E-state index contributed by atoms with van der Waals surface area (Å²) in [6.45, 7) is 0. The molecule has 4 heteroatoms. The minimum atomic E-state index is 0.603. The van der Waals surface area contributed by atoms with E-state index in [9.17, 15) is 0 Å². The van der Waals surface area contributed by atoms with Crippen LogP contribution in [0.15, 0.2) is 24.4 Å². The van der Waals surface area contributed by atoms with E-state index in [1.54, 1.807) is 12.3 Å². The van der Waals surface area contributed by atoms with E-state index in [1.807, 2.05) is 29.8 Å². The van der Waals surface area contributed by atoms with Crippen LogP contribution in [-0.4, -0.2) is 22.7 Å². The van der Waals surface area contributed by atoms with Gasteiger partial charge >= 0.3 is 95.5 Å². The number of rotatable bonds is 0. The fourth-order valence-electron chi connectivity index (χ4n) is 1.31. The first-order chi connectivity index (χ1) is 6.18. The molecule has 2 rings (SSSR count). The van der Waals surface area contributed by atoms with Crippen molar-refractivity contribution in [3.8, 4) is 0 Å². The number of hydrogen-bond acceptors (Lipinski definition) is 1. The Balaban J connectivity index is 2.94. The fraction of sp³-hybridized carbons (Fsp3) is 0. The third kappa shape index (κ3) is 1.71. The van der Waals surface area contributed by atoms with E-state index in [-0.39, 0.29) is 0 Å². The summed E-state index contributed by atoms with van der Waals surface area (Å²) in [4.78, 5) is 4.19. The number of hydrogen-bond donors (Lipinski definition) is 0. The van der Waals surface area contributed by atoms with Crippen LogP contribution < -0.4 is 4.24 Å². The van der Waals surface area contributed by atoms with E-state index < -0.39 is 0 Å². The average molecular weight is 204 g/mol. The van der Waals surface area contributed by atoms with Gasteiger partial charge in [0.1, 0.15) is 0 Å². The summed E-state index contributed by atoms with van der Waals surface area (Å²) in [5.41, 5.74) is 0.811. The van der Waals surface area contributed by atoms with Crippen molar-refractivity contribution in [1.82, 2.24) is 4.98 Å². The van der Waals surface area contributed by atoms with Crippen molar-refractivity contribution in [3.63, 3.8) is 0 Å². The molecule has 0 N–H and O–H groups in total.